The van der Waals surface area contributed by atoms with Crippen molar-refractivity contribution >= 4 is 23.3 Å². The van der Waals surface area contributed by atoms with Crippen LogP contribution in [0.15, 0.2) is 30.5 Å². The number of carboxylic acids is 1. The number of hydrogen-bond acceptors (Lipinski definition) is 3. The van der Waals surface area contributed by atoms with E-state index in [1.807, 2.05) is 12.1 Å². The predicted molar refractivity (Wildman–Crippen MR) is 64.2 cm³/mol. The number of aromatic carboxylic acids is 1. The van der Waals surface area contributed by atoms with Gasteiger partial charge in [0.1, 0.15) is 0 Å². The lowest BCUT2D eigenvalue weighted by molar-refractivity contribution is 0.0690. The van der Waals surface area contributed by atoms with Gasteiger partial charge in [-0.05, 0) is 17.7 Å². The van der Waals surface area contributed by atoms with Gasteiger partial charge in [-0.25, -0.2) is 4.79 Å². The topological polar surface area (TPSA) is 81.1 Å². The molecular weight excluding hydrogens is 242 g/mol. The molecule has 0 saturated heterocycles. The molecule has 88 valence electrons. The van der Waals surface area contributed by atoms with E-state index in [0.29, 0.717) is 11.6 Å². The van der Waals surface area contributed by atoms with Gasteiger partial charge in [0.05, 0.1) is 12.2 Å². The Kier molecular flexibility index (Phi) is 3.01. The van der Waals surface area contributed by atoms with Crippen LogP contribution in [0.4, 0.5) is 5.69 Å². The molecule has 5 nitrogen and oxygen atoms in total. The number of nitrogens with two attached hydrogens (primary N) is 1. The van der Waals surface area contributed by atoms with E-state index in [2.05, 4.69) is 5.10 Å². The van der Waals surface area contributed by atoms with Crippen LogP contribution in [-0.4, -0.2) is 20.9 Å². The SMILES string of the molecule is Nc1cn(Cc2cccc(Cl)c2)nc1C(=O)O. The number of aromatic nitrogens is 2. The summed E-state index contributed by atoms with van der Waals surface area (Å²) in [6, 6.07) is 7.26. The predicted octanol–water partition coefficient (Wildman–Crippen LogP) is 1.87. The van der Waals surface area contributed by atoms with Crippen molar-refractivity contribution in [3.8, 4) is 0 Å². The number of benzene rings is 1. The first-order valence-corrected chi connectivity index (χ1v) is 5.24. The van der Waals surface area contributed by atoms with Gasteiger partial charge in [-0.3, -0.25) is 4.68 Å². The minimum absolute atomic E-state index is 0.132. The molecule has 0 radical (unpaired) electrons. The molecule has 0 spiro atoms. The van der Waals surface area contributed by atoms with E-state index in [4.69, 9.17) is 22.4 Å². The highest BCUT2D eigenvalue weighted by molar-refractivity contribution is 6.30. The molecule has 0 aliphatic rings. The van der Waals surface area contributed by atoms with Crippen LogP contribution in [-0.2, 0) is 6.54 Å². The van der Waals surface area contributed by atoms with Crippen LogP contribution >= 0.6 is 11.6 Å². The van der Waals surface area contributed by atoms with E-state index in [9.17, 15) is 4.79 Å². The molecule has 2 rings (SSSR count). The number of anilines is 1. The summed E-state index contributed by atoms with van der Waals surface area (Å²) >= 11 is 5.85. The third-order valence-electron chi connectivity index (χ3n) is 2.23. The summed E-state index contributed by atoms with van der Waals surface area (Å²) < 4.78 is 1.48. The first-order valence-electron chi connectivity index (χ1n) is 4.87. The van der Waals surface area contributed by atoms with E-state index in [1.54, 1.807) is 12.1 Å². The number of rotatable bonds is 3. The second kappa shape index (κ2) is 4.47. The van der Waals surface area contributed by atoms with Crippen LogP contribution in [0.3, 0.4) is 0 Å². The summed E-state index contributed by atoms with van der Waals surface area (Å²) in [5.41, 5.74) is 6.48. The molecule has 0 unspecified atom stereocenters. The Labute approximate surface area is 102 Å². The Balaban J connectivity index is 2.25. The minimum atomic E-state index is -1.13. The van der Waals surface area contributed by atoms with E-state index >= 15 is 0 Å². The number of halogens is 1. The lowest BCUT2D eigenvalue weighted by Crippen LogP contribution is -2.04. The summed E-state index contributed by atoms with van der Waals surface area (Å²) in [7, 11) is 0. The molecule has 1 aromatic carbocycles. The van der Waals surface area contributed by atoms with Gasteiger partial charge in [-0.1, -0.05) is 23.7 Å². The van der Waals surface area contributed by atoms with Crippen LogP contribution in [0.2, 0.25) is 5.02 Å². The highest BCUT2D eigenvalue weighted by Crippen LogP contribution is 2.14. The van der Waals surface area contributed by atoms with Crippen molar-refractivity contribution in [2.45, 2.75) is 6.54 Å². The molecule has 1 heterocycles. The fourth-order valence-electron chi connectivity index (χ4n) is 1.51. The number of hydrogen-bond donors (Lipinski definition) is 2. The van der Waals surface area contributed by atoms with E-state index < -0.39 is 5.97 Å². The summed E-state index contributed by atoms with van der Waals surface area (Å²) in [6.45, 7) is 0.429. The third-order valence-corrected chi connectivity index (χ3v) is 2.46. The molecule has 1 aromatic heterocycles. The zero-order valence-electron chi connectivity index (χ0n) is 8.80. The molecule has 0 amide bonds. The minimum Gasteiger partial charge on any atom is -0.476 e. The first-order chi connectivity index (χ1) is 8.06. The summed E-state index contributed by atoms with van der Waals surface area (Å²) in [6.07, 6.45) is 1.49. The van der Waals surface area contributed by atoms with Gasteiger partial charge in [0.15, 0.2) is 5.69 Å². The number of nitrogen functional groups attached to an aromatic ring is 1. The van der Waals surface area contributed by atoms with Crippen molar-refractivity contribution < 1.29 is 9.90 Å². The van der Waals surface area contributed by atoms with Crippen LogP contribution < -0.4 is 5.73 Å². The van der Waals surface area contributed by atoms with Crippen LogP contribution in [0.25, 0.3) is 0 Å². The third kappa shape index (κ3) is 2.57. The van der Waals surface area contributed by atoms with Gasteiger partial charge in [0.25, 0.3) is 0 Å². The van der Waals surface area contributed by atoms with Crippen molar-refractivity contribution in [2.24, 2.45) is 0 Å². The van der Waals surface area contributed by atoms with Gasteiger partial charge in [-0.15, -0.1) is 0 Å². The monoisotopic (exact) mass is 251 g/mol. The van der Waals surface area contributed by atoms with Crippen molar-refractivity contribution in [1.29, 1.82) is 0 Å². The Hall–Kier alpha value is -2.01. The average molecular weight is 252 g/mol. The van der Waals surface area contributed by atoms with Crippen LogP contribution in [0, 0.1) is 0 Å². The van der Waals surface area contributed by atoms with E-state index in [-0.39, 0.29) is 11.4 Å². The fourth-order valence-corrected chi connectivity index (χ4v) is 1.72. The lowest BCUT2D eigenvalue weighted by Gasteiger charge is -2.01. The highest BCUT2D eigenvalue weighted by Gasteiger charge is 2.13. The zero-order chi connectivity index (χ0) is 12.4. The van der Waals surface area contributed by atoms with Gasteiger partial charge >= 0.3 is 5.97 Å². The summed E-state index contributed by atoms with van der Waals surface area (Å²) in [4.78, 5) is 10.8. The summed E-state index contributed by atoms with van der Waals surface area (Å²) in [5, 5.41) is 13.3. The van der Waals surface area contributed by atoms with Crippen LogP contribution in [0.1, 0.15) is 16.1 Å². The highest BCUT2D eigenvalue weighted by atomic mass is 35.5. The van der Waals surface area contributed by atoms with Gasteiger partial charge in [0, 0.05) is 11.2 Å². The Morgan fingerprint density at radius 2 is 2.29 bits per heavy atom. The van der Waals surface area contributed by atoms with Crippen molar-refractivity contribution in [2.75, 3.05) is 5.73 Å². The molecule has 0 saturated carbocycles. The normalized spacial score (nSPS) is 10.4. The van der Waals surface area contributed by atoms with Gasteiger partial charge in [0.2, 0.25) is 0 Å². The second-order valence-electron chi connectivity index (χ2n) is 3.57. The quantitative estimate of drug-likeness (QED) is 0.873. The first kappa shape index (κ1) is 11.5. The smallest absolute Gasteiger partial charge is 0.358 e. The van der Waals surface area contributed by atoms with Crippen molar-refractivity contribution in [1.82, 2.24) is 9.78 Å². The molecule has 6 heteroatoms. The lowest BCUT2D eigenvalue weighted by atomic mass is 10.2. The maximum absolute atomic E-state index is 10.8. The molecule has 0 atom stereocenters. The Bertz CT molecular complexity index is 566. The largest absolute Gasteiger partial charge is 0.476 e. The fraction of sp³-hybridized carbons (Fsp3) is 0.0909. The van der Waals surface area contributed by atoms with E-state index in [0.717, 1.165) is 5.56 Å². The maximum atomic E-state index is 10.8. The van der Waals surface area contributed by atoms with Gasteiger partial charge in [-0.2, -0.15) is 5.10 Å². The Morgan fingerprint density at radius 1 is 1.53 bits per heavy atom. The second-order valence-corrected chi connectivity index (χ2v) is 4.00. The molecule has 0 fully saturated rings. The summed E-state index contributed by atoms with van der Waals surface area (Å²) in [5.74, 6) is -1.13. The zero-order valence-corrected chi connectivity index (χ0v) is 9.55. The molecule has 3 N–H and O–H groups in total. The number of carbonyl (C=O) groups is 1. The Morgan fingerprint density at radius 3 is 2.88 bits per heavy atom. The van der Waals surface area contributed by atoms with E-state index in [1.165, 1.54) is 10.9 Å². The maximum Gasteiger partial charge on any atom is 0.358 e. The number of nitrogens with zero attached hydrogens (tertiary/aromatic N) is 2. The van der Waals surface area contributed by atoms with Crippen molar-refractivity contribution in [3.05, 3.63) is 46.7 Å². The van der Waals surface area contributed by atoms with Crippen molar-refractivity contribution in [3.63, 3.8) is 0 Å². The average Bonchev–Trinajstić information content (AvgIpc) is 2.59. The molecule has 0 aliphatic heterocycles. The molecule has 2 aromatic rings. The van der Waals surface area contributed by atoms with Gasteiger partial charge < -0.3 is 10.8 Å². The van der Waals surface area contributed by atoms with Crippen LogP contribution in [0.5, 0.6) is 0 Å². The number of carboxylic acid groups (broad SMARTS) is 1. The standard InChI is InChI=1S/C11H10ClN3O2/c12-8-3-1-2-7(4-8)5-15-6-9(13)10(14-15)11(16)17/h1-4,6H,5,13H2,(H,16,17). The molecular formula is C11H10ClN3O2. The molecule has 17 heavy (non-hydrogen) atoms. The molecule has 0 aliphatic carbocycles. The molecule has 0 bridgehead atoms.